The highest BCUT2D eigenvalue weighted by Crippen LogP contribution is 2.23. The van der Waals surface area contributed by atoms with Gasteiger partial charge in [0.05, 0.1) is 5.52 Å². The minimum atomic E-state index is -0.553. The molecular formula is C9H3Cl3N2O. The van der Waals surface area contributed by atoms with E-state index in [0.29, 0.717) is 16.5 Å². The van der Waals surface area contributed by atoms with Crippen LogP contribution in [0.4, 0.5) is 0 Å². The summed E-state index contributed by atoms with van der Waals surface area (Å²) in [6, 6.07) is 4.70. The van der Waals surface area contributed by atoms with Crippen molar-refractivity contribution >= 4 is 50.9 Å². The van der Waals surface area contributed by atoms with E-state index in [4.69, 9.17) is 34.8 Å². The van der Waals surface area contributed by atoms with Crippen molar-refractivity contribution in [1.82, 2.24) is 9.97 Å². The fourth-order valence-corrected chi connectivity index (χ4v) is 1.76. The van der Waals surface area contributed by atoms with Crippen molar-refractivity contribution < 1.29 is 4.79 Å². The number of benzene rings is 1. The molecule has 0 aliphatic rings. The number of aromatic nitrogens is 2. The van der Waals surface area contributed by atoms with Crippen LogP contribution in [0.15, 0.2) is 18.2 Å². The molecule has 1 aromatic carbocycles. The molecule has 2 aromatic rings. The van der Waals surface area contributed by atoms with Crippen molar-refractivity contribution in [3.8, 4) is 0 Å². The molecule has 0 saturated carbocycles. The molecule has 0 N–H and O–H groups in total. The summed E-state index contributed by atoms with van der Waals surface area (Å²) in [5.74, 6) is 0. The molecule has 0 unspecified atom stereocenters. The van der Waals surface area contributed by atoms with Gasteiger partial charge in [-0.3, -0.25) is 4.79 Å². The maximum absolute atomic E-state index is 10.9. The summed E-state index contributed by atoms with van der Waals surface area (Å²) in [6.07, 6.45) is 0. The van der Waals surface area contributed by atoms with Crippen LogP contribution in [-0.4, -0.2) is 15.2 Å². The second kappa shape index (κ2) is 3.93. The molecule has 2 rings (SSSR count). The van der Waals surface area contributed by atoms with Gasteiger partial charge in [0.1, 0.15) is 5.15 Å². The SMILES string of the molecule is O=C(Cl)c1ccc2c(Cl)nc(Cl)nc2c1. The Morgan fingerprint density at radius 1 is 1.20 bits per heavy atom. The number of hydrogen-bond acceptors (Lipinski definition) is 3. The first-order chi connectivity index (χ1) is 7.08. The molecule has 1 aromatic heterocycles. The van der Waals surface area contributed by atoms with Crippen LogP contribution in [0.1, 0.15) is 10.4 Å². The summed E-state index contributed by atoms with van der Waals surface area (Å²) in [7, 11) is 0. The van der Waals surface area contributed by atoms with Crippen LogP contribution in [0.3, 0.4) is 0 Å². The lowest BCUT2D eigenvalue weighted by molar-refractivity contribution is 0.108. The lowest BCUT2D eigenvalue weighted by atomic mass is 10.2. The monoisotopic (exact) mass is 260 g/mol. The number of rotatable bonds is 1. The van der Waals surface area contributed by atoms with Crippen molar-refractivity contribution in [2.75, 3.05) is 0 Å². The average molecular weight is 261 g/mol. The zero-order valence-electron chi connectivity index (χ0n) is 7.17. The Bertz CT molecular complexity index is 556. The molecule has 0 atom stereocenters. The van der Waals surface area contributed by atoms with Crippen LogP contribution in [0.5, 0.6) is 0 Å². The summed E-state index contributed by atoms with van der Waals surface area (Å²) >= 11 is 16.8. The number of hydrogen-bond donors (Lipinski definition) is 0. The van der Waals surface area contributed by atoms with E-state index in [0.717, 1.165) is 0 Å². The number of nitrogens with zero attached hydrogens (tertiary/aromatic N) is 2. The molecule has 3 nitrogen and oxygen atoms in total. The second-order valence-electron chi connectivity index (χ2n) is 2.79. The standard InChI is InChI=1S/C9H3Cl3N2O/c10-7-5-2-1-4(8(11)15)3-6(5)13-9(12)14-7/h1-3H. The van der Waals surface area contributed by atoms with Crippen LogP contribution >= 0.6 is 34.8 Å². The first kappa shape index (κ1) is 10.6. The highest BCUT2D eigenvalue weighted by molar-refractivity contribution is 6.67. The predicted octanol–water partition coefficient (Wildman–Crippen LogP) is 3.32. The van der Waals surface area contributed by atoms with E-state index < -0.39 is 5.24 Å². The molecule has 0 spiro atoms. The van der Waals surface area contributed by atoms with Crippen molar-refractivity contribution in [2.24, 2.45) is 0 Å². The van der Waals surface area contributed by atoms with Crippen molar-refractivity contribution in [2.45, 2.75) is 0 Å². The minimum Gasteiger partial charge on any atom is -0.276 e. The van der Waals surface area contributed by atoms with Gasteiger partial charge < -0.3 is 0 Å². The number of halogens is 3. The molecule has 0 radical (unpaired) electrons. The Balaban J connectivity index is 2.76. The number of carbonyl (C=O) groups is 1. The third kappa shape index (κ3) is 2.04. The zero-order chi connectivity index (χ0) is 11.0. The average Bonchev–Trinajstić information content (AvgIpc) is 2.16. The lowest BCUT2D eigenvalue weighted by Crippen LogP contribution is -1.92. The van der Waals surface area contributed by atoms with Gasteiger partial charge in [-0.2, -0.15) is 0 Å². The largest absolute Gasteiger partial charge is 0.276 e. The molecule has 0 aliphatic carbocycles. The van der Waals surface area contributed by atoms with Gasteiger partial charge in [-0.1, -0.05) is 11.6 Å². The molecule has 15 heavy (non-hydrogen) atoms. The van der Waals surface area contributed by atoms with Crippen LogP contribution in [0, 0.1) is 0 Å². The Labute approximate surface area is 100.0 Å². The molecule has 76 valence electrons. The van der Waals surface area contributed by atoms with E-state index in [1.54, 1.807) is 12.1 Å². The van der Waals surface area contributed by atoms with Gasteiger partial charge >= 0.3 is 0 Å². The first-order valence-electron chi connectivity index (χ1n) is 3.90. The van der Waals surface area contributed by atoms with Crippen LogP contribution in [0.2, 0.25) is 10.4 Å². The second-order valence-corrected chi connectivity index (χ2v) is 3.83. The normalized spacial score (nSPS) is 10.6. The maximum atomic E-state index is 10.9. The Hall–Kier alpha value is -0.900. The molecule has 0 bridgehead atoms. The van der Waals surface area contributed by atoms with Crippen LogP contribution in [0.25, 0.3) is 10.9 Å². The van der Waals surface area contributed by atoms with E-state index in [1.165, 1.54) is 6.07 Å². The van der Waals surface area contributed by atoms with Crippen LogP contribution < -0.4 is 0 Å². The van der Waals surface area contributed by atoms with Gasteiger partial charge in [-0.05, 0) is 41.4 Å². The quantitative estimate of drug-likeness (QED) is 0.449. The summed E-state index contributed by atoms with van der Waals surface area (Å²) < 4.78 is 0. The van der Waals surface area contributed by atoms with Gasteiger partial charge in [0.15, 0.2) is 0 Å². The summed E-state index contributed by atoms with van der Waals surface area (Å²) in [5.41, 5.74) is 0.835. The Morgan fingerprint density at radius 3 is 2.60 bits per heavy atom. The topological polar surface area (TPSA) is 42.9 Å². The van der Waals surface area contributed by atoms with E-state index in [1.807, 2.05) is 0 Å². The minimum absolute atomic E-state index is 0.0340. The van der Waals surface area contributed by atoms with Crippen molar-refractivity contribution in [3.05, 3.63) is 34.2 Å². The maximum Gasteiger partial charge on any atom is 0.252 e. The Kier molecular flexibility index (Phi) is 2.78. The first-order valence-corrected chi connectivity index (χ1v) is 5.04. The van der Waals surface area contributed by atoms with Gasteiger partial charge in [-0.15, -0.1) is 0 Å². The molecule has 6 heteroatoms. The molecule has 0 amide bonds. The fraction of sp³-hybridized carbons (Fsp3) is 0. The number of carbonyl (C=O) groups excluding carboxylic acids is 1. The fourth-order valence-electron chi connectivity index (χ4n) is 1.19. The zero-order valence-corrected chi connectivity index (χ0v) is 9.44. The smallest absolute Gasteiger partial charge is 0.252 e. The molecule has 0 saturated heterocycles. The summed E-state index contributed by atoms with van der Waals surface area (Å²) in [4.78, 5) is 18.6. The summed E-state index contributed by atoms with van der Waals surface area (Å²) in [6.45, 7) is 0. The molecule has 0 fully saturated rings. The predicted molar refractivity (Wildman–Crippen MR) is 59.7 cm³/mol. The van der Waals surface area contributed by atoms with Crippen molar-refractivity contribution in [3.63, 3.8) is 0 Å². The number of fused-ring (bicyclic) bond motifs is 1. The van der Waals surface area contributed by atoms with Gasteiger partial charge in [0.25, 0.3) is 5.24 Å². The van der Waals surface area contributed by atoms with Gasteiger partial charge in [0.2, 0.25) is 5.28 Å². The van der Waals surface area contributed by atoms with E-state index in [9.17, 15) is 4.79 Å². The third-order valence-electron chi connectivity index (χ3n) is 1.85. The Morgan fingerprint density at radius 2 is 1.93 bits per heavy atom. The molecule has 1 heterocycles. The van der Waals surface area contributed by atoms with Gasteiger partial charge in [0, 0.05) is 10.9 Å². The van der Waals surface area contributed by atoms with Crippen LogP contribution in [-0.2, 0) is 0 Å². The van der Waals surface area contributed by atoms with E-state index in [-0.39, 0.29) is 10.4 Å². The van der Waals surface area contributed by atoms with E-state index >= 15 is 0 Å². The molecule has 0 aliphatic heterocycles. The lowest BCUT2D eigenvalue weighted by Gasteiger charge is -2.01. The summed E-state index contributed by atoms with van der Waals surface area (Å²) in [5, 5.41) is 0.357. The van der Waals surface area contributed by atoms with Gasteiger partial charge in [-0.25, -0.2) is 9.97 Å². The highest BCUT2D eigenvalue weighted by atomic mass is 35.5. The van der Waals surface area contributed by atoms with E-state index in [2.05, 4.69) is 9.97 Å². The third-order valence-corrected chi connectivity index (χ3v) is 2.53. The highest BCUT2D eigenvalue weighted by Gasteiger charge is 2.08. The molecular weight excluding hydrogens is 258 g/mol. The van der Waals surface area contributed by atoms with Crippen molar-refractivity contribution in [1.29, 1.82) is 0 Å².